The number of hydrogen-bond acceptors (Lipinski definition) is 5. The van der Waals surface area contributed by atoms with Crippen LogP contribution in [0.25, 0.3) is 0 Å². The zero-order chi connectivity index (χ0) is 18.4. The molecule has 5 nitrogen and oxygen atoms in total. The molecule has 0 radical (unpaired) electrons. The number of carbonyl (C=O) groups is 1. The van der Waals surface area contributed by atoms with Crippen molar-refractivity contribution in [2.24, 2.45) is 0 Å². The SMILES string of the molecule is CCCCCCCCCCCCOCC1COC(C)(CCC(=O)[O-])O1.[Na+]. The molecule has 0 aromatic carbocycles. The Morgan fingerprint density at radius 2 is 1.65 bits per heavy atom. The van der Waals surface area contributed by atoms with Crippen molar-refractivity contribution in [3.8, 4) is 0 Å². The van der Waals surface area contributed by atoms with Gasteiger partial charge in [0, 0.05) is 19.0 Å². The minimum atomic E-state index is -1.07. The van der Waals surface area contributed by atoms with Gasteiger partial charge in [0.2, 0.25) is 0 Å². The number of aliphatic carboxylic acids is 1. The molecule has 0 aromatic rings. The van der Waals surface area contributed by atoms with Gasteiger partial charge in [0.25, 0.3) is 0 Å². The molecule has 1 aliphatic heterocycles. The summed E-state index contributed by atoms with van der Waals surface area (Å²) >= 11 is 0. The van der Waals surface area contributed by atoms with Crippen LogP contribution in [0.15, 0.2) is 0 Å². The van der Waals surface area contributed by atoms with E-state index >= 15 is 0 Å². The van der Waals surface area contributed by atoms with Crippen LogP contribution >= 0.6 is 0 Å². The molecule has 0 spiro atoms. The van der Waals surface area contributed by atoms with E-state index in [-0.39, 0.29) is 42.1 Å². The Kier molecular flexibility index (Phi) is 16.5. The van der Waals surface area contributed by atoms with Crippen molar-refractivity contribution >= 4 is 5.97 Å². The second-order valence-corrected chi connectivity index (χ2v) is 7.31. The molecule has 1 fully saturated rings. The van der Waals surface area contributed by atoms with Gasteiger partial charge in [-0.3, -0.25) is 0 Å². The molecular weight excluding hydrogens is 343 g/mol. The number of rotatable bonds is 16. The second-order valence-electron chi connectivity index (χ2n) is 7.31. The van der Waals surface area contributed by atoms with Crippen molar-refractivity contribution in [2.45, 2.75) is 103 Å². The summed E-state index contributed by atoms with van der Waals surface area (Å²) in [6, 6.07) is 0. The normalized spacial score (nSPS) is 22.3. The topological polar surface area (TPSA) is 67.8 Å². The van der Waals surface area contributed by atoms with E-state index in [0.717, 1.165) is 13.0 Å². The van der Waals surface area contributed by atoms with E-state index in [1.807, 2.05) is 0 Å². The first-order valence-corrected chi connectivity index (χ1v) is 10.1. The molecule has 0 saturated carbocycles. The summed E-state index contributed by atoms with van der Waals surface area (Å²) in [6.45, 7) is 5.76. The summed E-state index contributed by atoms with van der Waals surface area (Å²) < 4.78 is 17.0. The van der Waals surface area contributed by atoms with Crippen molar-refractivity contribution in [1.82, 2.24) is 0 Å². The molecule has 2 atom stereocenters. The molecule has 26 heavy (non-hydrogen) atoms. The van der Waals surface area contributed by atoms with Gasteiger partial charge in [-0.25, -0.2) is 0 Å². The first-order chi connectivity index (χ1) is 12.1. The minimum absolute atomic E-state index is 0. The van der Waals surface area contributed by atoms with Crippen molar-refractivity contribution in [3.63, 3.8) is 0 Å². The van der Waals surface area contributed by atoms with Crippen molar-refractivity contribution in [3.05, 3.63) is 0 Å². The summed E-state index contributed by atoms with van der Waals surface area (Å²) in [4.78, 5) is 10.5. The molecule has 1 aliphatic rings. The van der Waals surface area contributed by atoms with Gasteiger partial charge >= 0.3 is 29.6 Å². The smallest absolute Gasteiger partial charge is 0.550 e. The van der Waals surface area contributed by atoms with Crippen molar-refractivity contribution in [2.75, 3.05) is 19.8 Å². The number of carboxylic acids is 1. The van der Waals surface area contributed by atoms with Gasteiger partial charge in [0.15, 0.2) is 5.79 Å². The second kappa shape index (κ2) is 16.3. The van der Waals surface area contributed by atoms with E-state index in [4.69, 9.17) is 14.2 Å². The van der Waals surface area contributed by atoms with Crippen LogP contribution in [0.2, 0.25) is 0 Å². The van der Waals surface area contributed by atoms with E-state index < -0.39 is 11.8 Å². The molecule has 1 rings (SSSR count). The number of unbranched alkanes of at least 4 members (excludes halogenated alkanes) is 9. The molecule has 6 heteroatoms. The average molecular weight is 381 g/mol. The van der Waals surface area contributed by atoms with E-state index in [1.54, 1.807) is 6.92 Å². The van der Waals surface area contributed by atoms with Gasteiger partial charge < -0.3 is 24.1 Å². The first-order valence-electron chi connectivity index (χ1n) is 10.1. The van der Waals surface area contributed by atoms with Gasteiger partial charge in [-0.15, -0.1) is 0 Å². The predicted molar refractivity (Wildman–Crippen MR) is 96.1 cm³/mol. The molecule has 0 N–H and O–H groups in total. The fraction of sp³-hybridized carbons (Fsp3) is 0.950. The molecule has 0 amide bonds. The number of carbonyl (C=O) groups excluding carboxylic acids is 1. The number of hydrogen-bond donors (Lipinski definition) is 0. The van der Waals surface area contributed by atoms with Crippen LogP contribution in [-0.4, -0.2) is 37.7 Å². The van der Waals surface area contributed by atoms with Gasteiger partial charge in [0.1, 0.15) is 6.10 Å². The standard InChI is InChI=1S/C20H38O5.Na/c1-3-4-5-6-7-8-9-10-11-12-15-23-16-18-17-24-20(2,25-18)14-13-19(21)22;/h18H,3-17H2,1-2H3,(H,21,22);/q;+1/p-1. The van der Waals surface area contributed by atoms with Gasteiger partial charge in [0.05, 0.1) is 13.2 Å². The van der Waals surface area contributed by atoms with Crippen LogP contribution in [0.1, 0.15) is 90.9 Å². The summed E-state index contributed by atoms with van der Waals surface area (Å²) in [6.07, 6.45) is 13.3. The van der Waals surface area contributed by atoms with E-state index in [2.05, 4.69) is 6.92 Å². The van der Waals surface area contributed by atoms with Crippen LogP contribution in [-0.2, 0) is 19.0 Å². The third kappa shape index (κ3) is 13.5. The van der Waals surface area contributed by atoms with Crippen LogP contribution in [0, 0.1) is 0 Å². The Bertz CT molecular complexity index is 353. The molecule has 0 aromatic heterocycles. The zero-order valence-corrected chi connectivity index (χ0v) is 19.2. The maximum absolute atomic E-state index is 10.5. The fourth-order valence-corrected chi connectivity index (χ4v) is 3.14. The summed E-state index contributed by atoms with van der Waals surface area (Å²) in [7, 11) is 0. The Balaban J connectivity index is 0.00000625. The van der Waals surface area contributed by atoms with E-state index in [0.29, 0.717) is 19.6 Å². The third-order valence-corrected chi connectivity index (χ3v) is 4.72. The first kappa shape index (κ1) is 26.4. The van der Waals surface area contributed by atoms with Crippen molar-refractivity contribution in [1.29, 1.82) is 0 Å². The Morgan fingerprint density at radius 3 is 2.23 bits per heavy atom. The zero-order valence-electron chi connectivity index (χ0n) is 17.2. The minimum Gasteiger partial charge on any atom is -0.550 e. The largest absolute Gasteiger partial charge is 1.00 e. The summed E-state index contributed by atoms with van der Waals surface area (Å²) in [5.41, 5.74) is 0. The van der Waals surface area contributed by atoms with Gasteiger partial charge in [-0.2, -0.15) is 0 Å². The molecule has 0 aliphatic carbocycles. The molecule has 1 saturated heterocycles. The quantitative estimate of drug-likeness (QED) is 0.290. The number of carboxylic acid groups (broad SMARTS) is 1. The molecule has 2 unspecified atom stereocenters. The van der Waals surface area contributed by atoms with Crippen LogP contribution in [0.4, 0.5) is 0 Å². The molecule has 0 bridgehead atoms. The summed E-state index contributed by atoms with van der Waals surface area (Å²) in [5, 5.41) is 10.5. The predicted octanol–water partition coefficient (Wildman–Crippen LogP) is 0.590. The average Bonchev–Trinajstić information content (AvgIpc) is 2.96. The Labute approximate surface area is 181 Å². The van der Waals surface area contributed by atoms with Gasteiger partial charge in [-0.1, -0.05) is 64.7 Å². The molecular formula is C20H37NaO5. The third-order valence-electron chi connectivity index (χ3n) is 4.72. The van der Waals surface area contributed by atoms with Crippen LogP contribution in [0.5, 0.6) is 0 Å². The molecule has 1 heterocycles. The fourth-order valence-electron chi connectivity index (χ4n) is 3.14. The summed E-state index contributed by atoms with van der Waals surface area (Å²) in [5.74, 6) is -1.89. The van der Waals surface area contributed by atoms with Crippen molar-refractivity contribution < 1.29 is 53.7 Å². The van der Waals surface area contributed by atoms with Gasteiger partial charge in [-0.05, 0) is 19.8 Å². The maximum atomic E-state index is 10.5. The Hall–Kier alpha value is 0.350. The monoisotopic (exact) mass is 380 g/mol. The van der Waals surface area contributed by atoms with E-state index in [1.165, 1.54) is 57.8 Å². The van der Waals surface area contributed by atoms with Crippen LogP contribution < -0.4 is 34.7 Å². The Morgan fingerprint density at radius 1 is 1.08 bits per heavy atom. The van der Waals surface area contributed by atoms with Crippen LogP contribution in [0.3, 0.4) is 0 Å². The maximum Gasteiger partial charge on any atom is 1.00 e. The van der Waals surface area contributed by atoms with E-state index in [9.17, 15) is 9.90 Å². The molecule has 148 valence electrons. The number of ether oxygens (including phenoxy) is 3.